The van der Waals surface area contributed by atoms with E-state index in [1.807, 2.05) is 0 Å². The molecule has 2 aromatic rings. The topological polar surface area (TPSA) is 17.1 Å². The highest BCUT2D eigenvalue weighted by atomic mass is 19.4. The van der Waals surface area contributed by atoms with E-state index in [-0.39, 0.29) is 24.3 Å². The van der Waals surface area contributed by atoms with E-state index >= 15 is 0 Å². The van der Waals surface area contributed by atoms with Crippen LogP contribution in [0.1, 0.15) is 49.3 Å². The first kappa shape index (κ1) is 25.5. The van der Waals surface area contributed by atoms with Gasteiger partial charge in [0.05, 0.1) is 22.3 Å². The van der Waals surface area contributed by atoms with Crippen molar-refractivity contribution in [3.8, 4) is 0 Å². The number of alkyl halides is 12. The Morgan fingerprint density at radius 1 is 0.531 bits per heavy atom. The van der Waals surface area contributed by atoms with E-state index in [1.165, 1.54) is 0 Å². The molecule has 0 aliphatic carbocycles. The molecule has 0 heterocycles. The first-order valence-corrected chi connectivity index (χ1v) is 8.28. The van der Waals surface area contributed by atoms with E-state index in [2.05, 4.69) is 0 Å². The molecule has 32 heavy (non-hydrogen) atoms. The number of rotatable bonds is 2. The van der Waals surface area contributed by atoms with Crippen molar-refractivity contribution in [2.45, 2.75) is 38.6 Å². The zero-order valence-electron chi connectivity index (χ0n) is 15.8. The maximum atomic E-state index is 13.5. The van der Waals surface area contributed by atoms with Crippen LogP contribution < -0.4 is 0 Å². The van der Waals surface area contributed by atoms with E-state index in [1.54, 1.807) is 0 Å². The van der Waals surface area contributed by atoms with Gasteiger partial charge in [0.1, 0.15) is 0 Å². The zero-order valence-corrected chi connectivity index (χ0v) is 15.8. The lowest BCUT2D eigenvalue weighted by molar-refractivity contribution is -0.142. The van der Waals surface area contributed by atoms with Crippen molar-refractivity contribution >= 4 is 5.78 Å². The van der Waals surface area contributed by atoms with Crippen molar-refractivity contribution < 1.29 is 57.5 Å². The minimum Gasteiger partial charge on any atom is -0.289 e. The fourth-order valence-electron chi connectivity index (χ4n) is 3.16. The summed E-state index contributed by atoms with van der Waals surface area (Å²) in [6, 6.07) is -0.592. The third kappa shape index (κ3) is 5.01. The summed E-state index contributed by atoms with van der Waals surface area (Å²) in [6.07, 6.45) is -21.6. The molecule has 13 heteroatoms. The van der Waals surface area contributed by atoms with Gasteiger partial charge in [-0.15, -0.1) is 0 Å². The van der Waals surface area contributed by atoms with Gasteiger partial charge in [-0.05, 0) is 49.2 Å². The predicted molar refractivity (Wildman–Crippen MR) is 85.8 cm³/mol. The number of aryl methyl sites for hydroxylation is 2. The van der Waals surface area contributed by atoms with Gasteiger partial charge in [0.2, 0.25) is 0 Å². The minimum absolute atomic E-state index is 0.0294. The van der Waals surface area contributed by atoms with Crippen LogP contribution in [-0.4, -0.2) is 5.78 Å². The van der Waals surface area contributed by atoms with Crippen LogP contribution in [0.5, 0.6) is 0 Å². The second-order valence-electron chi connectivity index (χ2n) is 6.75. The third-order valence-electron chi connectivity index (χ3n) is 4.38. The molecule has 2 rings (SSSR count). The van der Waals surface area contributed by atoms with Crippen LogP contribution in [0, 0.1) is 13.8 Å². The van der Waals surface area contributed by atoms with Crippen LogP contribution in [0.4, 0.5) is 52.7 Å². The normalized spacial score (nSPS) is 13.4. The highest BCUT2D eigenvalue weighted by Gasteiger charge is 2.44. The first-order valence-electron chi connectivity index (χ1n) is 8.28. The van der Waals surface area contributed by atoms with Gasteiger partial charge in [-0.25, -0.2) is 0 Å². The van der Waals surface area contributed by atoms with E-state index in [0.29, 0.717) is 13.8 Å². The quantitative estimate of drug-likeness (QED) is 0.318. The van der Waals surface area contributed by atoms with Crippen molar-refractivity contribution in [3.05, 3.63) is 68.8 Å². The maximum Gasteiger partial charge on any atom is 0.417 e. The molecule has 0 N–H and O–H groups in total. The molecular weight excluding hydrogens is 472 g/mol. The van der Waals surface area contributed by atoms with Crippen molar-refractivity contribution in [1.29, 1.82) is 0 Å². The number of benzene rings is 2. The molecule has 0 saturated heterocycles. The Hall–Kier alpha value is -2.73. The molecule has 0 saturated carbocycles. The fraction of sp³-hybridized carbons (Fsp3) is 0.316. The van der Waals surface area contributed by atoms with Gasteiger partial charge in [-0.2, -0.15) is 52.7 Å². The van der Waals surface area contributed by atoms with Crippen LogP contribution in [0.15, 0.2) is 24.3 Å². The summed E-state index contributed by atoms with van der Waals surface area (Å²) < 4.78 is 159. The fourth-order valence-corrected chi connectivity index (χ4v) is 3.16. The zero-order chi connectivity index (χ0) is 25.0. The summed E-state index contributed by atoms with van der Waals surface area (Å²) in [5.41, 5.74) is -13.5. The first-order chi connectivity index (χ1) is 14.2. The average molecular weight is 482 g/mol. The summed E-state index contributed by atoms with van der Waals surface area (Å²) in [5, 5.41) is 0. The molecule has 2 aromatic carbocycles. The third-order valence-corrected chi connectivity index (χ3v) is 4.38. The Kier molecular flexibility index (Phi) is 6.14. The van der Waals surface area contributed by atoms with Gasteiger partial charge in [-0.1, -0.05) is 0 Å². The summed E-state index contributed by atoms with van der Waals surface area (Å²) in [6.45, 7) is 1.08. The van der Waals surface area contributed by atoms with E-state index in [9.17, 15) is 57.5 Å². The molecule has 0 aliphatic rings. The predicted octanol–water partition coefficient (Wildman–Crippen LogP) is 7.61. The molecule has 0 atom stereocenters. The van der Waals surface area contributed by atoms with Crippen molar-refractivity contribution in [3.63, 3.8) is 0 Å². The maximum absolute atomic E-state index is 13.5. The van der Waals surface area contributed by atoms with Crippen molar-refractivity contribution in [2.24, 2.45) is 0 Å². The second kappa shape index (κ2) is 7.69. The average Bonchev–Trinajstić information content (AvgIpc) is 2.55. The Morgan fingerprint density at radius 3 is 1.03 bits per heavy atom. The Balaban J connectivity index is 2.99. The highest BCUT2D eigenvalue weighted by Crippen LogP contribution is 2.43. The molecule has 0 unspecified atom stereocenters. The van der Waals surface area contributed by atoms with Gasteiger partial charge in [0, 0.05) is 11.1 Å². The standard InChI is InChI=1S/C19H10F12O/c1-7-3-9(16(20,21)22)5-11(13(7)18(26,27)28)15(32)12-6-10(17(23,24)25)4-8(2)14(12)19(29,30)31/h3-6H,1-2H3. The summed E-state index contributed by atoms with van der Waals surface area (Å²) in [7, 11) is 0. The number of hydrogen-bond donors (Lipinski definition) is 0. The molecule has 0 aromatic heterocycles. The van der Waals surface area contributed by atoms with Crippen molar-refractivity contribution in [1.82, 2.24) is 0 Å². The molecule has 176 valence electrons. The SMILES string of the molecule is Cc1cc(C(F)(F)F)cc(C(=O)c2cc(C(F)(F)F)cc(C)c2C(F)(F)F)c1C(F)(F)F. The lowest BCUT2D eigenvalue weighted by Gasteiger charge is -2.21. The van der Waals surface area contributed by atoms with E-state index < -0.39 is 75.0 Å². The van der Waals surface area contributed by atoms with Crippen molar-refractivity contribution in [2.75, 3.05) is 0 Å². The molecule has 0 bridgehead atoms. The molecule has 0 aliphatic heterocycles. The number of carbonyl (C=O) groups is 1. The second-order valence-corrected chi connectivity index (χ2v) is 6.75. The molecule has 0 radical (unpaired) electrons. The van der Waals surface area contributed by atoms with Gasteiger partial charge >= 0.3 is 24.7 Å². The molecular formula is C19H10F12O. The van der Waals surface area contributed by atoms with E-state index in [0.717, 1.165) is 0 Å². The molecule has 0 amide bonds. The number of ketones is 1. The number of halogens is 12. The lowest BCUT2D eigenvalue weighted by atomic mass is 9.88. The Morgan fingerprint density at radius 2 is 0.812 bits per heavy atom. The van der Waals surface area contributed by atoms with Crippen LogP contribution >= 0.6 is 0 Å². The lowest BCUT2D eigenvalue weighted by Crippen LogP contribution is -2.22. The van der Waals surface area contributed by atoms with Gasteiger partial charge in [-0.3, -0.25) is 4.79 Å². The summed E-state index contributed by atoms with van der Waals surface area (Å²) >= 11 is 0. The van der Waals surface area contributed by atoms with Gasteiger partial charge < -0.3 is 0 Å². The largest absolute Gasteiger partial charge is 0.417 e. The monoisotopic (exact) mass is 482 g/mol. The van der Waals surface area contributed by atoms with Crippen LogP contribution in [-0.2, 0) is 24.7 Å². The van der Waals surface area contributed by atoms with Crippen LogP contribution in [0.3, 0.4) is 0 Å². The van der Waals surface area contributed by atoms with E-state index in [4.69, 9.17) is 0 Å². The van der Waals surface area contributed by atoms with Crippen LogP contribution in [0.25, 0.3) is 0 Å². The summed E-state index contributed by atoms with van der Waals surface area (Å²) in [4.78, 5) is 12.7. The molecule has 1 nitrogen and oxygen atoms in total. The van der Waals surface area contributed by atoms with Gasteiger partial charge in [0.25, 0.3) is 0 Å². The Bertz CT molecular complexity index is 969. The number of carbonyl (C=O) groups excluding carboxylic acids is 1. The Labute approximate surface area is 171 Å². The minimum atomic E-state index is -5.49. The molecule has 0 spiro atoms. The summed E-state index contributed by atoms with van der Waals surface area (Å²) in [5.74, 6) is -2.28. The number of hydrogen-bond acceptors (Lipinski definition) is 1. The smallest absolute Gasteiger partial charge is 0.289 e. The molecule has 0 fully saturated rings. The van der Waals surface area contributed by atoms with Gasteiger partial charge in [0.15, 0.2) is 5.78 Å². The highest BCUT2D eigenvalue weighted by molar-refractivity contribution is 6.11. The van der Waals surface area contributed by atoms with Crippen LogP contribution in [0.2, 0.25) is 0 Å².